The third-order valence-corrected chi connectivity index (χ3v) is 2.32. The highest BCUT2D eigenvalue weighted by Crippen LogP contribution is 2.14. The molecule has 16 heavy (non-hydrogen) atoms. The molecule has 0 saturated carbocycles. The number of furan rings is 1. The standard InChI is InChI=1S/C12H12N2O2/c1-3-10-9(7-8(2)13-14-10)12(15)11-5-4-6-16-11/h4-7H,3H2,1-2H3. The first kappa shape index (κ1) is 10.5. The first-order valence-electron chi connectivity index (χ1n) is 5.13. The number of rotatable bonds is 3. The number of hydrogen-bond acceptors (Lipinski definition) is 4. The van der Waals surface area contributed by atoms with Gasteiger partial charge in [0.25, 0.3) is 0 Å². The number of carbonyl (C=O) groups is 1. The molecule has 82 valence electrons. The van der Waals surface area contributed by atoms with E-state index in [1.54, 1.807) is 18.2 Å². The van der Waals surface area contributed by atoms with Gasteiger partial charge in [0, 0.05) is 0 Å². The largest absolute Gasteiger partial charge is 0.461 e. The maximum Gasteiger partial charge on any atom is 0.230 e. The van der Waals surface area contributed by atoms with Gasteiger partial charge in [-0.2, -0.15) is 10.2 Å². The van der Waals surface area contributed by atoms with E-state index >= 15 is 0 Å². The minimum Gasteiger partial charge on any atom is -0.461 e. The minimum atomic E-state index is -0.139. The number of nitrogens with zero attached hydrogens (tertiary/aromatic N) is 2. The third kappa shape index (κ3) is 1.86. The molecule has 4 heteroatoms. The van der Waals surface area contributed by atoms with E-state index in [4.69, 9.17) is 4.42 Å². The lowest BCUT2D eigenvalue weighted by molar-refractivity contribution is 0.101. The fourth-order valence-corrected chi connectivity index (χ4v) is 1.51. The Morgan fingerprint density at radius 3 is 2.88 bits per heavy atom. The highest BCUT2D eigenvalue weighted by Gasteiger charge is 2.16. The van der Waals surface area contributed by atoms with E-state index in [0.29, 0.717) is 23.4 Å². The van der Waals surface area contributed by atoms with Crippen LogP contribution in [0.5, 0.6) is 0 Å². The number of aromatic nitrogens is 2. The van der Waals surface area contributed by atoms with Gasteiger partial charge in [0.1, 0.15) is 0 Å². The normalized spacial score (nSPS) is 10.4. The molecule has 0 aliphatic rings. The van der Waals surface area contributed by atoms with Gasteiger partial charge in [-0.1, -0.05) is 6.92 Å². The molecule has 0 saturated heterocycles. The molecule has 2 aromatic rings. The second-order valence-corrected chi connectivity index (χ2v) is 3.51. The van der Waals surface area contributed by atoms with Crippen LogP contribution in [0.15, 0.2) is 28.9 Å². The van der Waals surface area contributed by atoms with Crippen molar-refractivity contribution in [2.75, 3.05) is 0 Å². The number of carbonyl (C=O) groups excluding carboxylic acids is 1. The van der Waals surface area contributed by atoms with Crippen LogP contribution in [0.3, 0.4) is 0 Å². The van der Waals surface area contributed by atoms with Gasteiger partial charge in [0.05, 0.1) is 23.2 Å². The van der Waals surface area contributed by atoms with Crippen molar-refractivity contribution >= 4 is 5.78 Å². The fraction of sp³-hybridized carbons (Fsp3) is 0.250. The fourth-order valence-electron chi connectivity index (χ4n) is 1.51. The van der Waals surface area contributed by atoms with Crippen LogP contribution in [-0.4, -0.2) is 16.0 Å². The predicted molar refractivity (Wildman–Crippen MR) is 58.3 cm³/mol. The van der Waals surface area contributed by atoms with Gasteiger partial charge in [-0.3, -0.25) is 4.79 Å². The molecule has 4 nitrogen and oxygen atoms in total. The minimum absolute atomic E-state index is 0.139. The Hall–Kier alpha value is -1.97. The smallest absolute Gasteiger partial charge is 0.230 e. The highest BCUT2D eigenvalue weighted by atomic mass is 16.3. The lowest BCUT2D eigenvalue weighted by Gasteiger charge is -2.04. The van der Waals surface area contributed by atoms with Crippen molar-refractivity contribution in [1.82, 2.24) is 10.2 Å². The van der Waals surface area contributed by atoms with Crippen LogP contribution in [0.4, 0.5) is 0 Å². The summed E-state index contributed by atoms with van der Waals surface area (Å²) in [6.45, 7) is 3.75. The SMILES string of the molecule is CCc1nnc(C)cc1C(=O)c1ccco1. The molecule has 0 spiro atoms. The zero-order valence-corrected chi connectivity index (χ0v) is 9.23. The zero-order chi connectivity index (χ0) is 11.5. The quantitative estimate of drug-likeness (QED) is 0.738. The summed E-state index contributed by atoms with van der Waals surface area (Å²) in [4.78, 5) is 12.1. The Balaban J connectivity index is 2.47. The summed E-state index contributed by atoms with van der Waals surface area (Å²) in [7, 11) is 0. The van der Waals surface area contributed by atoms with E-state index in [1.165, 1.54) is 6.26 Å². The molecule has 0 aliphatic heterocycles. The second kappa shape index (κ2) is 4.26. The number of ketones is 1. The molecule has 0 radical (unpaired) electrons. The monoisotopic (exact) mass is 216 g/mol. The van der Waals surface area contributed by atoms with Crippen LogP contribution >= 0.6 is 0 Å². The Bertz CT molecular complexity index is 504. The maximum absolute atomic E-state index is 12.1. The molecule has 0 N–H and O–H groups in total. The summed E-state index contributed by atoms with van der Waals surface area (Å²) in [5.41, 5.74) is 2.00. The molecule has 2 aromatic heterocycles. The molecule has 0 unspecified atom stereocenters. The van der Waals surface area contributed by atoms with Crippen molar-refractivity contribution < 1.29 is 9.21 Å². The summed E-state index contributed by atoms with van der Waals surface area (Å²) in [6.07, 6.45) is 2.16. The van der Waals surface area contributed by atoms with Crippen molar-refractivity contribution in [3.8, 4) is 0 Å². The van der Waals surface area contributed by atoms with E-state index in [0.717, 1.165) is 5.69 Å². The Labute approximate surface area is 93.3 Å². The highest BCUT2D eigenvalue weighted by molar-refractivity contribution is 6.07. The van der Waals surface area contributed by atoms with E-state index in [1.807, 2.05) is 13.8 Å². The van der Waals surface area contributed by atoms with E-state index in [-0.39, 0.29) is 5.78 Å². The van der Waals surface area contributed by atoms with Crippen LogP contribution in [0, 0.1) is 6.92 Å². The molecular formula is C12H12N2O2. The zero-order valence-electron chi connectivity index (χ0n) is 9.23. The molecule has 0 aliphatic carbocycles. The van der Waals surface area contributed by atoms with E-state index in [9.17, 15) is 4.79 Å². The van der Waals surface area contributed by atoms with Crippen LogP contribution in [-0.2, 0) is 6.42 Å². The number of aryl methyl sites for hydroxylation is 2. The van der Waals surface area contributed by atoms with Gasteiger partial charge in [-0.05, 0) is 31.5 Å². The second-order valence-electron chi connectivity index (χ2n) is 3.51. The van der Waals surface area contributed by atoms with Crippen molar-refractivity contribution in [3.05, 3.63) is 47.2 Å². The lowest BCUT2D eigenvalue weighted by atomic mass is 10.1. The van der Waals surface area contributed by atoms with E-state index in [2.05, 4.69) is 10.2 Å². The Morgan fingerprint density at radius 1 is 1.44 bits per heavy atom. The lowest BCUT2D eigenvalue weighted by Crippen LogP contribution is -2.08. The predicted octanol–water partition coefficient (Wildman–Crippen LogP) is 2.17. The summed E-state index contributed by atoms with van der Waals surface area (Å²) in [5.74, 6) is 0.196. The topological polar surface area (TPSA) is 56.0 Å². The molecular weight excluding hydrogens is 204 g/mol. The molecule has 2 rings (SSSR count). The first-order chi connectivity index (χ1) is 7.72. The summed E-state index contributed by atoms with van der Waals surface area (Å²) in [6, 6.07) is 5.09. The van der Waals surface area contributed by atoms with Crippen LogP contribution in [0.25, 0.3) is 0 Å². The Kier molecular flexibility index (Phi) is 2.81. The van der Waals surface area contributed by atoms with Crippen LogP contribution < -0.4 is 0 Å². The molecule has 0 bridgehead atoms. The van der Waals surface area contributed by atoms with Crippen LogP contribution in [0.2, 0.25) is 0 Å². The average molecular weight is 216 g/mol. The van der Waals surface area contributed by atoms with Gasteiger partial charge in [0.15, 0.2) is 5.76 Å². The van der Waals surface area contributed by atoms with Gasteiger partial charge in [-0.25, -0.2) is 0 Å². The summed E-state index contributed by atoms with van der Waals surface area (Å²) >= 11 is 0. The summed E-state index contributed by atoms with van der Waals surface area (Å²) in [5, 5.41) is 7.96. The van der Waals surface area contributed by atoms with Gasteiger partial charge >= 0.3 is 0 Å². The van der Waals surface area contributed by atoms with Gasteiger partial charge < -0.3 is 4.42 Å². The van der Waals surface area contributed by atoms with Crippen molar-refractivity contribution in [3.63, 3.8) is 0 Å². The van der Waals surface area contributed by atoms with Crippen molar-refractivity contribution in [2.45, 2.75) is 20.3 Å². The molecule has 0 aromatic carbocycles. The number of hydrogen-bond donors (Lipinski definition) is 0. The first-order valence-corrected chi connectivity index (χ1v) is 5.13. The van der Waals surface area contributed by atoms with Crippen LogP contribution in [0.1, 0.15) is 34.4 Å². The maximum atomic E-state index is 12.1. The molecule has 2 heterocycles. The third-order valence-electron chi connectivity index (χ3n) is 2.32. The Morgan fingerprint density at radius 2 is 2.25 bits per heavy atom. The van der Waals surface area contributed by atoms with Crippen molar-refractivity contribution in [1.29, 1.82) is 0 Å². The summed E-state index contributed by atoms with van der Waals surface area (Å²) < 4.78 is 5.09. The van der Waals surface area contributed by atoms with Crippen molar-refractivity contribution in [2.24, 2.45) is 0 Å². The molecule has 0 amide bonds. The molecule has 0 atom stereocenters. The van der Waals surface area contributed by atoms with Gasteiger partial charge in [-0.15, -0.1) is 0 Å². The average Bonchev–Trinajstić information content (AvgIpc) is 2.81. The van der Waals surface area contributed by atoms with E-state index < -0.39 is 0 Å². The molecule has 0 fully saturated rings. The van der Waals surface area contributed by atoms with Gasteiger partial charge in [0.2, 0.25) is 5.78 Å².